The van der Waals surface area contributed by atoms with Gasteiger partial charge in [0.05, 0.1) is 10.4 Å². The number of benzene rings is 2. The van der Waals surface area contributed by atoms with Crippen LogP contribution in [0.15, 0.2) is 69.0 Å². The van der Waals surface area contributed by atoms with Crippen LogP contribution in [-0.2, 0) is 20.1 Å². The fourth-order valence-corrected chi connectivity index (χ4v) is 5.14. The van der Waals surface area contributed by atoms with Crippen molar-refractivity contribution in [2.24, 2.45) is 0 Å². The third kappa shape index (κ3) is 2.69. The zero-order valence-corrected chi connectivity index (χ0v) is 14.6. The van der Waals surface area contributed by atoms with Gasteiger partial charge in [0.1, 0.15) is 4.90 Å². The molecule has 0 saturated carbocycles. The molecule has 0 fully saturated rings. The first-order chi connectivity index (χ1) is 10.7. The minimum atomic E-state index is -4.59. The SMILES string of the molecule is O=S(=O)(O)c1cn(S(=O)(=O)c2ccccc2)c2cccc(Br)c12. The summed E-state index contributed by atoms with van der Waals surface area (Å²) in [5, 5.41) is 0.106. The van der Waals surface area contributed by atoms with Crippen LogP contribution in [0.2, 0.25) is 0 Å². The van der Waals surface area contributed by atoms with E-state index in [0.717, 1.165) is 10.2 Å². The van der Waals surface area contributed by atoms with Crippen LogP contribution in [0, 0.1) is 0 Å². The Morgan fingerprint density at radius 1 is 0.913 bits per heavy atom. The van der Waals surface area contributed by atoms with Crippen molar-refractivity contribution in [3.8, 4) is 0 Å². The van der Waals surface area contributed by atoms with Crippen molar-refractivity contribution in [2.45, 2.75) is 9.79 Å². The van der Waals surface area contributed by atoms with E-state index in [1.54, 1.807) is 30.3 Å². The number of rotatable bonds is 3. The van der Waals surface area contributed by atoms with Crippen molar-refractivity contribution in [3.63, 3.8) is 0 Å². The Labute approximate surface area is 141 Å². The maximum Gasteiger partial charge on any atom is 0.296 e. The highest BCUT2D eigenvalue weighted by Crippen LogP contribution is 2.33. The molecule has 0 amide bonds. The largest absolute Gasteiger partial charge is 0.296 e. The lowest BCUT2D eigenvalue weighted by Gasteiger charge is -2.07. The molecular weight excluding hydrogens is 406 g/mol. The van der Waals surface area contributed by atoms with E-state index in [-0.39, 0.29) is 15.8 Å². The normalized spacial score (nSPS) is 12.6. The molecule has 120 valence electrons. The summed E-state index contributed by atoms with van der Waals surface area (Å²) in [4.78, 5) is -0.460. The number of fused-ring (bicyclic) bond motifs is 1. The first-order valence-corrected chi connectivity index (χ1v) is 9.98. The molecule has 1 heterocycles. The topological polar surface area (TPSA) is 93.4 Å². The van der Waals surface area contributed by atoms with E-state index in [1.165, 1.54) is 18.2 Å². The summed E-state index contributed by atoms with van der Waals surface area (Å²) in [6.07, 6.45) is 0.910. The number of hydrogen-bond acceptors (Lipinski definition) is 4. The number of aromatic nitrogens is 1. The molecule has 1 N–H and O–H groups in total. The van der Waals surface area contributed by atoms with Crippen LogP contribution in [-0.4, -0.2) is 25.4 Å². The highest BCUT2D eigenvalue weighted by atomic mass is 79.9. The molecule has 0 unspecified atom stereocenters. The van der Waals surface area contributed by atoms with Crippen LogP contribution in [0.5, 0.6) is 0 Å². The van der Waals surface area contributed by atoms with E-state index in [2.05, 4.69) is 15.9 Å². The van der Waals surface area contributed by atoms with Crippen LogP contribution in [0.4, 0.5) is 0 Å². The molecule has 3 aromatic rings. The minimum absolute atomic E-state index is 0.0127. The van der Waals surface area contributed by atoms with Gasteiger partial charge in [0.2, 0.25) is 0 Å². The monoisotopic (exact) mass is 415 g/mol. The summed E-state index contributed by atoms with van der Waals surface area (Å²) < 4.78 is 59.4. The van der Waals surface area contributed by atoms with Gasteiger partial charge in [0.15, 0.2) is 0 Å². The van der Waals surface area contributed by atoms with Gasteiger partial charge in [0, 0.05) is 16.1 Å². The summed E-state index contributed by atoms with van der Waals surface area (Å²) in [6.45, 7) is 0. The van der Waals surface area contributed by atoms with E-state index >= 15 is 0 Å². The average molecular weight is 416 g/mol. The second-order valence-electron chi connectivity index (χ2n) is 4.72. The third-order valence-corrected chi connectivity index (χ3v) is 6.50. The van der Waals surface area contributed by atoms with E-state index in [9.17, 15) is 21.4 Å². The van der Waals surface area contributed by atoms with Gasteiger partial charge in [-0.05, 0) is 24.3 Å². The van der Waals surface area contributed by atoms with Gasteiger partial charge in [-0.25, -0.2) is 12.4 Å². The van der Waals surface area contributed by atoms with Gasteiger partial charge in [-0.3, -0.25) is 4.55 Å². The molecule has 0 atom stereocenters. The van der Waals surface area contributed by atoms with Crippen LogP contribution in [0.3, 0.4) is 0 Å². The fraction of sp³-hybridized carbons (Fsp3) is 0. The Hall–Kier alpha value is -1.68. The quantitative estimate of drug-likeness (QED) is 0.663. The highest BCUT2D eigenvalue weighted by molar-refractivity contribution is 9.10. The van der Waals surface area contributed by atoms with Gasteiger partial charge >= 0.3 is 0 Å². The van der Waals surface area contributed by atoms with Crippen molar-refractivity contribution in [2.75, 3.05) is 0 Å². The van der Waals surface area contributed by atoms with Crippen LogP contribution in [0.25, 0.3) is 10.9 Å². The minimum Gasteiger partial charge on any atom is -0.282 e. The summed E-state index contributed by atoms with van der Waals surface area (Å²) in [6, 6.07) is 12.2. The lowest BCUT2D eigenvalue weighted by atomic mass is 10.2. The van der Waals surface area contributed by atoms with Crippen molar-refractivity contribution in [1.29, 1.82) is 0 Å². The lowest BCUT2D eigenvalue weighted by Crippen LogP contribution is -2.11. The Bertz CT molecular complexity index is 1100. The molecule has 0 aliphatic heterocycles. The van der Waals surface area contributed by atoms with Crippen molar-refractivity contribution in [1.82, 2.24) is 3.97 Å². The van der Waals surface area contributed by atoms with Gasteiger partial charge in [0.25, 0.3) is 20.1 Å². The molecule has 0 aliphatic rings. The predicted octanol–water partition coefficient (Wildman–Crippen LogP) is 2.89. The number of nitrogens with zero attached hydrogens (tertiary/aromatic N) is 1. The van der Waals surface area contributed by atoms with E-state index in [0.29, 0.717) is 4.47 Å². The average Bonchev–Trinajstić information content (AvgIpc) is 2.90. The van der Waals surface area contributed by atoms with Crippen LogP contribution < -0.4 is 0 Å². The zero-order valence-electron chi connectivity index (χ0n) is 11.4. The van der Waals surface area contributed by atoms with Crippen LogP contribution in [0.1, 0.15) is 0 Å². The fourth-order valence-electron chi connectivity index (χ4n) is 2.28. The molecule has 2 aromatic carbocycles. The van der Waals surface area contributed by atoms with Crippen molar-refractivity contribution < 1.29 is 21.4 Å². The maximum atomic E-state index is 12.8. The van der Waals surface area contributed by atoms with Crippen molar-refractivity contribution >= 4 is 47.0 Å². The van der Waals surface area contributed by atoms with E-state index in [4.69, 9.17) is 0 Å². The standard InChI is InChI=1S/C14H10BrNO5S2/c15-11-7-4-8-12-14(11)13(23(19,20)21)9-16(12)22(17,18)10-5-2-1-3-6-10/h1-9H,(H,19,20,21). The Morgan fingerprint density at radius 2 is 1.57 bits per heavy atom. The molecule has 6 nitrogen and oxygen atoms in total. The molecule has 1 aromatic heterocycles. The molecule has 0 saturated heterocycles. The lowest BCUT2D eigenvalue weighted by molar-refractivity contribution is 0.484. The van der Waals surface area contributed by atoms with Crippen LogP contribution >= 0.6 is 15.9 Å². The number of hydrogen-bond donors (Lipinski definition) is 1. The molecule has 0 spiro atoms. The second kappa shape index (κ2) is 5.45. The molecule has 0 radical (unpaired) electrons. The zero-order chi connectivity index (χ0) is 16.8. The van der Waals surface area contributed by atoms with E-state index in [1.807, 2.05) is 0 Å². The molecule has 0 aliphatic carbocycles. The van der Waals surface area contributed by atoms with Gasteiger partial charge in [-0.15, -0.1) is 0 Å². The Balaban J connectivity index is 2.43. The summed E-state index contributed by atoms with van der Waals surface area (Å²) in [5.41, 5.74) is 0.149. The summed E-state index contributed by atoms with van der Waals surface area (Å²) in [7, 11) is -8.59. The molecular formula is C14H10BrNO5S2. The number of halogens is 1. The third-order valence-electron chi connectivity index (χ3n) is 3.29. The molecule has 9 heteroatoms. The summed E-state index contributed by atoms with van der Waals surface area (Å²) >= 11 is 3.19. The predicted molar refractivity (Wildman–Crippen MR) is 88.5 cm³/mol. The Morgan fingerprint density at radius 3 is 2.17 bits per heavy atom. The molecule has 3 rings (SSSR count). The van der Waals surface area contributed by atoms with Gasteiger partial charge in [-0.1, -0.05) is 40.2 Å². The maximum absolute atomic E-state index is 12.8. The smallest absolute Gasteiger partial charge is 0.282 e. The second-order valence-corrected chi connectivity index (χ2v) is 8.78. The molecule has 23 heavy (non-hydrogen) atoms. The van der Waals surface area contributed by atoms with Gasteiger partial charge < -0.3 is 0 Å². The summed E-state index contributed by atoms with van der Waals surface area (Å²) in [5.74, 6) is 0. The van der Waals surface area contributed by atoms with Crippen molar-refractivity contribution in [3.05, 3.63) is 59.2 Å². The molecule has 0 bridgehead atoms. The highest BCUT2D eigenvalue weighted by Gasteiger charge is 2.26. The first-order valence-electron chi connectivity index (χ1n) is 6.30. The Kier molecular flexibility index (Phi) is 3.83. The first kappa shape index (κ1) is 16.2. The van der Waals surface area contributed by atoms with Gasteiger partial charge in [-0.2, -0.15) is 8.42 Å². The van der Waals surface area contributed by atoms with E-state index < -0.39 is 25.0 Å².